The molecule has 0 amide bonds. The topological polar surface area (TPSA) is 49.8 Å². The number of aliphatic hydroxyl groups excluding tert-OH is 1. The zero-order valence-electron chi connectivity index (χ0n) is 10.5. The van der Waals surface area contributed by atoms with Crippen LogP contribution in [0, 0.1) is 0 Å². The van der Waals surface area contributed by atoms with E-state index >= 15 is 0 Å². The Kier molecular flexibility index (Phi) is 5.12. The van der Waals surface area contributed by atoms with Crippen molar-refractivity contribution in [2.75, 3.05) is 27.3 Å². The maximum absolute atomic E-state index is 12.0. The van der Waals surface area contributed by atoms with Crippen molar-refractivity contribution in [3.8, 4) is 5.75 Å². The summed E-state index contributed by atoms with van der Waals surface area (Å²) >= 11 is 0. The molecule has 0 heterocycles. The number of carbonyl (C=O) groups is 1. The van der Waals surface area contributed by atoms with Crippen molar-refractivity contribution in [1.29, 1.82) is 0 Å². The van der Waals surface area contributed by atoms with Crippen LogP contribution in [0.3, 0.4) is 0 Å². The minimum Gasteiger partial charge on any atom is -0.497 e. The van der Waals surface area contributed by atoms with Gasteiger partial charge in [-0.3, -0.25) is 9.69 Å². The highest BCUT2D eigenvalue weighted by atomic mass is 16.5. The monoisotopic (exact) mass is 237 g/mol. The van der Waals surface area contributed by atoms with Crippen LogP contribution in [0.5, 0.6) is 5.75 Å². The molecular formula is C13H19NO3. The first-order valence-corrected chi connectivity index (χ1v) is 5.56. The molecule has 0 fully saturated rings. The van der Waals surface area contributed by atoms with E-state index in [0.717, 1.165) is 0 Å². The molecule has 4 nitrogen and oxygen atoms in total. The Labute approximate surface area is 102 Å². The van der Waals surface area contributed by atoms with Gasteiger partial charge in [0.05, 0.1) is 20.3 Å². The SMILES string of the molecule is COc1cccc(C(=O)CN(C)C(C)CO)c1. The van der Waals surface area contributed by atoms with Gasteiger partial charge in [0.1, 0.15) is 5.75 Å². The fraction of sp³-hybridized carbons (Fsp3) is 0.462. The van der Waals surface area contributed by atoms with Crippen LogP contribution in [0.2, 0.25) is 0 Å². The highest BCUT2D eigenvalue weighted by Gasteiger charge is 2.14. The Morgan fingerprint density at radius 3 is 2.82 bits per heavy atom. The number of hydrogen-bond acceptors (Lipinski definition) is 4. The lowest BCUT2D eigenvalue weighted by molar-refractivity contribution is 0.0890. The van der Waals surface area contributed by atoms with Crippen molar-refractivity contribution in [2.24, 2.45) is 0 Å². The number of likely N-dealkylation sites (N-methyl/N-ethyl adjacent to an activating group) is 1. The summed E-state index contributed by atoms with van der Waals surface area (Å²) in [7, 11) is 3.39. The number of benzene rings is 1. The fourth-order valence-corrected chi connectivity index (χ4v) is 1.41. The van der Waals surface area contributed by atoms with Gasteiger partial charge in [0.2, 0.25) is 0 Å². The van der Waals surface area contributed by atoms with Gasteiger partial charge in [-0.25, -0.2) is 0 Å². The second-order valence-electron chi connectivity index (χ2n) is 4.10. The molecule has 1 atom stereocenters. The second-order valence-corrected chi connectivity index (χ2v) is 4.10. The Hall–Kier alpha value is -1.39. The molecule has 0 bridgehead atoms. The van der Waals surface area contributed by atoms with Crippen molar-refractivity contribution in [3.05, 3.63) is 29.8 Å². The van der Waals surface area contributed by atoms with Crippen LogP contribution in [-0.4, -0.2) is 49.1 Å². The van der Waals surface area contributed by atoms with Gasteiger partial charge in [-0.15, -0.1) is 0 Å². The summed E-state index contributed by atoms with van der Waals surface area (Å²) in [5.41, 5.74) is 0.626. The standard InChI is InChI=1S/C13H19NO3/c1-10(9-15)14(2)8-13(16)11-5-4-6-12(7-11)17-3/h4-7,10,15H,8-9H2,1-3H3. The normalized spacial score (nSPS) is 12.5. The number of methoxy groups -OCH3 is 1. The summed E-state index contributed by atoms with van der Waals surface area (Å²) in [6.45, 7) is 2.20. The van der Waals surface area contributed by atoms with Gasteiger partial charge in [-0.05, 0) is 26.1 Å². The molecule has 1 aromatic carbocycles. The lowest BCUT2D eigenvalue weighted by Crippen LogP contribution is -2.36. The van der Waals surface area contributed by atoms with E-state index in [0.29, 0.717) is 11.3 Å². The third-order valence-corrected chi connectivity index (χ3v) is 2.80. The first-order valence-electron chi connectivity index (χ1n) is 5.56. The van der Waals surface area contributed by atoms with Crippen LogP contribution in [0.4, 0.5) is 0 Å². The van der Waals surface area contributed by atoms with Crippen LogP contribution >= 0.6 is 0 Å². The molecule has 0 saturated heterocycles. The highest BCUT2D eigenvalue weighted by Crippen LogP contribution is 2.13. The molecule has 0 aliphatic rings. The van der Waals surface area contributed by atoms with Crippen molar-refractivity contribution in [2.45, 2.75) is 13.0 Å². The number of carbonyl (C=O) groups excluding carboxylic acids is 1. The zero-order valence-corrected chi connectivity index (χ0v) is 10.5. The van der Waals surface area contributed by atoms with Crippen LogP contribution in [-0.2, 0) is 0 Å². The summed E-state index contributed by atoms with van der Waals surface area (Å²) in [5, 5.41) is 9.00. The van der Waals surface area contributed by atoms with E-state index < -0.39 is 0 Å². The zero-order chi connectivity index (χ0) is 12.8. The molecule has 0 aliphatic heterocycles. The van der Waals surface area contributed by atoms with Gasteiger partial charge in [0, 0.05) is 11.6 Å². The molecule has 1 aromatic rings. The molecule has 1 unspecified atom stereocenters. The van der Waals surface area contributed by atoms with Crippen LogP contribution < -0.4 is 4.74 Å². The Morgan fingerprint density at radius 1 is 1.53 bits per heavy atom. The van der Waals surface area contributed by atoms with E-state index in [1.807, 2.05) is 18.9 Å². The average molecular weight is 237 g/mol. The fourth-order valence-electron chi connectivity index (χ4n) is 1.41. The predicted molar refractivity (Wildman–Crippen MR) is 66.5 cm³/mol. The molecular weight excluding hydrogens is 218 g/mol. The molecule has 94 valence electrons. The number of Topliss-reactive ketones (excluding diaryl/α,β-unsaturated/α-hetero) is 1. The Bertz CT molecular complexity index is 379. The van der Waals surface area contributed by atoms with E-state index in [1.165, 1.54) is 0 Å². The second kappa shape index (κ2) is 6.37. The molecule has 4 heteroatoms. The summed E-state index contributed by atoms with van der Waals surface area (Å²) in [6.07, 6.45) is 0. The summed E-state index contributed by atoms with van der Waals surface area (Å²) in [5.74, 6) is 0.695. The van der Waals surface area contributed by atoms with Crippen molar-refractivity contribution in [3.63, 3.8) is 0 Å². The molecule has 1 N–H and O–H groups in total. The van der Waals surface area contributed by atoms with Crippen molar-refractivity contribution in [1.82, 2.24) is 4.90 Å². The maximum Gasteiger partial charge on any atom is 0.176 e. The molecule has 0 spiro atoms. The summed E-state index contributed by atoms with van der Waals surface area (Å²) in [6, 6.07) is 7.06. The van der Waals surface area contributed by atoms with E-state index in [9.17, 15) is 4.79 Å². The van der Waals surface area contributed by atoms with E-state index in [2.05, 4.69) is 0 Å². The van der Waals surface area contributed by atoms with Gasteiger partial charge in [0.15, 0.2) is 5.78 Å². The maximum atomic E-state index is 12.0. The van der Waals surface area contributed by atoms with E-state index in [1.54, 1.807) is 31.4 Å². The van der Waals surface area contributed by atoms with E-state index in [-0.39, 0.29) is 25.0 Å². The molecule has 0 radical (unpaired) electrons. The third kappa shape index (κ3) is 3.84. The summed E-state index contributed by atoms with van der Waals surface area (Å²) < 4.78 is 5.07. The first kappa shape index (κ1) is 13.7. The molecule has 0 aromatic heterocycles. The Morgan fingerprint density at radius 2 is 2.24 bits per heavy atom. The lowest BCUT2D eigenvalue weighted by Gasteiger charge is -2.21. The molecule has 0 aliphatic carbocycles. The number of nitrogens with zero attached hydrogens (tertiary/aromatic N) is 1. The van der Waals surface area contributed by atoms with Gasteiger partial charge < -0.3 is 9.84 Å². The van der Waals surface area contributed by atoms with E-state index in [4.69, 9.17) is 9.84 Å². The lowest BCUT2D eigenvalue weighted by atomic mass is 10.1. The minimum absolute atomic E-state index is 0.0201. The van der Waals surface area contributed by atoms with Crippen molar-refractivity contribution < 1.29 is 14.6 Å². The quantitative estimate of drug-likeness (QED) is 0.755. The van der Waals surface area contributed by atoms with Gasteiger partial charge in [-0.2, -0.15) is 0 Å². The smallest absolute Gasteiger partial charge is 0.176 e. The number of ketones is 1. The predicted octanol–water partition coefficient (Wildman–Crippen LogP) is 1.19. The van der Waals surface area contributed by atoms with Crippen molar-refractivity contribution >= 4 is 5.78 Å². The number of rotatable bonds is 6. The Balaban J connectivity index is 2.69. The highest BCUT2D eigenvalue weighted by molar-refractivity contribution is 5.97. The average Bonchev–Trinajstić information content (AvgIpc) is 2.37. The van der Waals surface area contributed by atoms with Gasteiger partial charge in [0.25, 0.3) is 0 Å². The van der Waals surface area contributed by atoms with Crippen LogP contribution in [0.25, 0.3) is 0 Å². The summed E-state index contributed by atoms with van der Waals surface area (Å²) in [4.78, 5) is 13.8. The third-order valence-electron chi connectivity index (χ3n) is 2.80. The molecule has 0 saturated carbocycles. The molecule has 17 heavy (non-hydrogen) atoms. The number of ether oxygens (including phenoxy) is 1. The van der Waals surface area contributed by atoms with Crippen LogP contribution in [0.15, 0.2) is 24.3 Å². The molecule has 1 rings (SSSR count). The first-order chi connectivity index (χ1) is 8.08. The van der Waals surface area contributed by atoms with Gasteiger partial charge >= 0.3 is 0 Å². The largest absolute Gasteiger partial charge is 0.497 e. The van der Waals surface area contributed by atoms with Crippen LogP contribution in [0.1, 0.15) is 17.3 Å². The number of aliphatic hydroxyl groups is 1. The minimum atomic E-state index is -0.0236. The number of hydrogen-bond donors (Lipinski definition) is 1. The van der Waals surface area contributed by atoms with Gasteiger partial charge in [-0.1, -0.05) is 12.1 Å².